The van der Waals surface area contributed by atoms with E-state index < -0.39 is 13.1 Å². The molecule has 0 fully saturated rings. The lowest BCUT2D eigenvalue weighted by Crippen LogP contribution is -2.77. The summed E-state index contributed by atoms with van der Waals surface area (Å²) in [7, 11) is 0. The van der Waals surface area contributed by atoms with Crippen molar-refractivity contribution < 1.29 is 0 Å². The lowest BCUT2D eigenvalue weighted by Gasteiger charge is -2.45. The molecule has 0 aliphatic carbocycles. The average molecular weight is 448 g/mol. The van der Waals surface area contributed by atoms with Crippen molar-refractivity contribution in [3.05, 3.63) is 117 Å². The highest BCUT2D eigenvalue weighted by Crippen LogP contribution is 2.20. The van der Waals surface area contributed by atoms with Gasteiger partial charge in [-0.2, -0.15) is 0 Å². The molecule has 4 aromatic carbocycles. The van der Waals surface area contributed by atoms with Gasteiger partial charge >= 0.3 is 0 Å². The fraction of sp³-hybridized carbons (Fsp3) is 0.250. The molecule has 1 heteroatoms. The molecule has 0 aliphatic heterocycles. The third-order valence-corrected chi connectivity index (χ3v) is 13.8. The first-order chi connectivity index (χ1) is 15.6. The van der Waals surface area contributed by atoms with Gasteiger partial charge in [0.25, 0.3) is 13.1 Å². The highest BCUT2D eigenvalue weighted by atomic mass is 27.2. The fourth-order valence-corrected chi connectivity index (χ4v) is 13.1. The molecule has 0 saturated carbocycles. The van der Waals surface area contributed by atoms with Crippen LogP contribution in [0.15, 0.2) is 72.8 Å². The highest BCUT2D eigenvalue weighted by molar-refractivity contribution is 7.20. The Bertz CT molecular complexity index is 1130. The number of rotatable bonds is 4. The van der Waals surface area contributed by atoms with Gasteiger partial charge in [0.2, 0.25) is 0 Å². The van der Waals surface area contributed by atoms with Crippen LogP contribution in [0.25, 0.3) is 0 Å². The van der Waals surface area contributed by atoms with E-state index in [2.05, 4.69) is 128 Å². The molecule has 4 rings (SSSR count). The largest absolute Gasteiger partial charge is 0.268 e. The van der Waals surface area contributed by atoms with E-state index >= 15 is 0 Å². The second-order valence-electron chi connectivity index (χ2n) is 10.3. The van der Waals surface area contributed by atoms with Crippen molar-refractivity contribution in [1.82, 2.24) is 0 Å². The van der Waals surface area contributed by atoms with Crippen LogP contribution in [0.4, 0.5) is 0 Å². The zero-order chi connectivity index (χ0) is 23.9. The summed E-state index contributed by atoms with van der Waals surface area (Å²) in [5.74, 6) is 0. The Morgan fingerprint density at radius 1 is 0.333 bits per heavy atom. The van der Waals surface area contributed by atoms with Crippen LogP contribution in [0, 0.1) is 55.4 Å². The summed E-state index contributed by atoms with van der Waals surface area (Å²) in [4.78, 5) is 0. The van der Waals surface area contributed by atoms with Gasteiger partial charge in [-0.3, -0.25) is 0 Å². The second-order valence-corrected chi connectivity index (χ2v) is 14.5. The maximum atomic E-state index is 2.49. The predicted molar refractivity (Wildman–Crippen MR) is 148 cm³/mol. The van der Waals surface area contributed by atoms with Crippen LogP contribution in [-0.4, -0.2) is 13.1 Å². The van der Waals surface area contributed by atoms with E-state index in [1.165, 1.54) is 44.5 Å². The van der Waals surface area contributed by atoms with E-state index in [0.29, 0.717) is 0 Å². The van der Waals surface area contributed by atoms with Crippen molar-refractivity contribution in [2.24, 2.45) is 0 Å². The summed E-state index contributed by atoms with van der Waals surface area (Å²) < 4.78 is 6.16. The van der Waals surface area contributed by atoms with Crippen LogP contribution in [0.2, 0.25) is 0 Å². The summed E-state index contributed by atoms with van der Waals surface area (Å²) in [5, 5.41) is 0. The quantitative estimate of drug-likeness (QED) is 0.361. The zero-order valence-electron chi connectivity index (χ0n) is 21.5. The monoisotopic (exact) mass is 447 g/mol. The van der Waals surface area contributed by atoms with E-state index in [-0.39, 0.29) is 0 Å². The number of benzene rings is 4. The van der Waals surface area contributed by atoms with Crippen molar-refractivity contribution in [2.75, 3.05) is 0 Å². The van der Waals surface area contributed by atoms with Crippen LogP contribution in [0.5, 0.6) is 0 Å². The lowest BCUT2D eigenvalue weighted by molar-refractivity contribution is 1.38. The predicted octanol–water partition coefficient (Wildman–Crippen LogP) is 5.53. The molecule has 0 bridgehead atoms. The smallest absolute Gasteiger partial charge is 0.215 e. The Balaban J connectivity index is 2.35. The van der Waals surface area contributed by atoms with Crippen LogP contribution in [0.1, 0.15) is 44.5 Å². The molecule has 0 N–H and O–H groups in total. The van der Waals surface area contributed by atoms with Gasteiger partial charge in [0.1, 0.15) is 0 Å². The molecule has 0 heterocycles. The minimum atomic E-state index is -3.04. The van der Waals surface area contributed by atoms with Gasteiger partial charge in [-0.1, -0.05) is 93.0 Å². The molecule has 4 aromatic rings. The number of hydrogen-bond donors (Lipinski definition) is 0. The molecular formula is C32H36Al-. The summed E-state index contributed by atoms with van der Waals surface area (Å²) in [6, 6.07) is 28.3. The van der Waals surface area contributed by atoms with E-state index in [4.69, 9.17) is 0 Å². The Morgan fingerprint density at radius 2 is 0.545 bits per heavy atom. The minimum Gasteiger partial charge on any atom is -0.215 e. The second kappa shape index (κ2) is 8.98. The Hall–Kier alpha value is -2.59. The molecule has 0 amide bonds. The van der Waals surface area contributed by atoms with E-state index in [0.717, 1.165) is 0 Å². The van der Waals surface area contributed by atoms with Crippen molar-refractivity contribution in [2.45, 2.75) is 55.4 Å². The maximum absolute atomic E-state index is 3.04. The molecule has 0 unspecified atom stereocenters. The van der Waals surface area contributed by atoms with Gasteiger partial charge in [-0.05, 0) is 55.4 Å². The van der Waals surface area contributed by atoms with Gasteiger partial charge in [0.15, 0.2) is 0 Å². The number of aryl methyl sites for hydroxylation is 8. The summed E-state index contributed by atoms with van der Waals surface area (Å²) >= 11 is -3.04. The van der Waals surface area contributed by atoms with Crippen LogP contribution in [0.3, 0.4) is 0 Å². The standard InChI is InChI=1S/4C8H9.Al/c4*1-7-3-5-8(2)6-4-7;/h4*3-5H,1-2H3;/q;;;;-1. The highest BCUT2D eigenvalue weighted by Gasteiger charge is 2.40. The Labute approximate surface area is 203 Å². The van der Waals surface area contributed by atoms with Crippen LogP contribution in [-0.2, 0) is 0 Å². The number of hydrogen-bond acceptors (Lipinski definition) is 0. The molecule has 0 aliphatic rings. The summed E-state index contributed by atoms with van der Waals surface area (Å²) in [6.07, 6.45) is 0. The van der Waals surface area contributed by atoms with E-state index in [9.17, 15) is 0 Å². The summed E-state index contributed by atoms with van der Waals surface area (Å²) in [5.41, 5.74) is 10.9. The van der Waals surface area contributed by atoms with Crippen molar-refractivity contribution >= 4 is 30.8 Å². The lowest BCUT2D eigenvalue weighted by atomic mass is 10.1. The minimum absolute atomic E-state index is 1.33. The molecule has 0 saturated heterocycles. The van der Waals surface area contributed by atoms with Gasteiger partial charge in [-0.25, -0.2) is 17.7 Å². The first-order valence-electron chi connectivity index (χ1n) is 12.1. The molecule has 168 valence electrons. The van der Waals surface area contributed by atoms with Crippen molar-refractivity contribution in [1.29, 1.82) is 0 Å². The molecule has 0 atom stereocenters. The van der Waals surface area contributed by atoms with E-state index in [1.54, 1.807) is 17.7 Å². The Morgan fingerprint density at radius 3 is 0.758 bits per heavy atom. The zero-order valence-corrected chi connectivity index (χ0v) is 22.7. The van der Waals surface area contributed by atoms with E-state index in [1.807, 2.05) is 0 Å². The van der Waals surface area contributed by atoms with Crippen LogP contribution < -0.4 is 17.7 Å². The van der Waals surface area contributed by atoms with Crippen molar-refractivity contribution in [3.8, 4) is 0 Å². The normalized spacial score (nSPS) is 11.6. The van der Waals surface area contributed by atoms with Crippen molar-refractivity contribution in [3.63, 3.8) is 0 Å². The molecule has 33 heavy (non-hydrogen) atoms. The third-order valence-electron chi connectivity index (χ3n) is 7.60. The first-order valence-corrected chi connectivity index (χ1v) is 14.4. The van der Waals surface area contributed by atoms with Gasteiger partial charge in [0.05, 0.1) is 0 Å². The molecule has 0 radical (unpaired) electrons. The molecule has 0 aromatic heterocycles. The van der Waals surface area contributed by atoms with Gasteiger partial charge < -0.3 is 0 Å². The first kappa shape index (κ1) is 23.6. The van der Waals surface area contributed by atoms with Gasteiger partial charge in [-0.15, -0.1) is 24.3 Å². The third kappa shape index (κ3) is 4.10. The molecule has 0 spiro atoms. The average Bonchev–Trinajstić information content (AvgIpc) is 2.77. The molecular weight excluding hydrogens is 411 g/mol. The molecule has 0 nitrogen and oxygen atoms in total. The Kier molecular flexibility index (Phi) is 6.41. The topological polar surface area (TPSA) is 0 Å². The maximum Gasteiger partial charge on any atom is 0.268 e. The summed E-state index contributed by atoms with van der Waals surface area (Å²) in [6.45, 7) is 18.2. The fourth-order valence-electron chi connectivity index (χ4n) is 5.91. The van der Waals surface area contributed by atoms with Gasteiger partial charge in [0, 0.05) is 0 Å². The SMILES string of the molecule is Cc1ccc(C)[c]([Al-]([c]2cc(C)ccc2C)([c]2cc(C)ccc2C)[c]2cc(C)ccc2C)c1. The van der Waals surface area contributed by atoms with Crippen LogP contribution >= 0.6 is 0 Å².